The SMILES string of the molecule is CCOC1(CS(=O)Nc2noc3cc(Cn4cccn4)cc(OC)c23)CCOCC1. The minimum Gasteiger partial charge on any atom is -0.496 e. The van der Waals surface area contributed by atoms with Crippen molar-refractivity contribution < 1.29 is 22.9 Å². The first-order valence-electron chi connectivity index (χ1n) is 9.93. The van der Waals surface area contributed by atoms with Crippen LogP contribution in [0.2, 0.25) is 0 Å². The van der Waals surface area contributed by atoms with E-state index in [1.807, 2.05) is 36.0 Å². The number of benzene rings is 1. The van der Waals surface area contributed by atoms with Gasteiger partial charge in [-0.3, -0.25) is 9.40 Å². The molecule has 1 fully saturated rings. The summed E-state index contributed by atoms with van der Waals surface area (Å²) >= 11 is 0. The van der Waals surface area contributed by atoms with Crippen LogP contribution >= 0.6 is 0 Å². The fourth-order valence-electron chi connectivity index (χ4n) is 3.76. The maximum absolute atomic E-state index is 12.9. The summed E-state index contributed by atoms with van der Waals surface area (Å²) in [6.45, 7) is 4.31. The topological polar surface area (TPSA) is 101 Å². The zero-order valence-corrected chi connectivity index (χ0v) is 17.9. The molecule has 0 amide bonds. The van der Waals surface area contributed by atoms with E-state index in [9.17, 15) is 4.21 Å². The van der Waals surface area contributed by atoms with Crippen molar-refractivity contribution in [1.82, 2.24) is 14.9 Å². The van der Waals surface area contributed by atoms with Crippen molar-refractivity contribution in [3.05, 3.63) is 36.2 Å². The lowest BCUT2D eigenvalue weighted by Gasteiger charge is -2.36. The Morgan fingerprint density at radius 2 is 2.17 bits per heavy atom. The predicted octanol–water partition coefficient (Wildman–Crippen LogP) is 2.74. The number of rotatable bonds is 9. The predicted molar refractivity (Wildman–Crippen MR) is 113 cm³/mol. The molecule has 9 nitrogen and oxygen atoms in total. The van der Waals surface area contributed by atoms with Crippen LogP contribution in [0, 0.1) is 0 Å². The molecule has 1 saturated heterocycles. The average Bonchev–Trinajstić information content (AvgIpc) is 3.38. The van der Waals surface area contributed by atoms with Crippen LogP contribution in [-0.2, 0) is 27.0 Å². The number of hydrogen-bond donors (Lipinski definition) is 1. The number of hydrogen-bond acceptors (Lipinski definition) is 7. The summed E-state index contributed by atoms with van der Waals surface area (Å²) in [5.74, 6) is 1.34. The molecule has 1 N–H and O–H groups in total. The van der Waals surface area contributed by atoms with Crippen molar-refractivity contribution >= 4 is 27.8 Å². The molecule has 30 heavy (non-hydrogen) atoms. The molecule has 0 spiro atoms. The van der Waals surface area contributed by atoms with Gasteiger partial charge < -0.3 is 18.7 Å². The molecule has 0 saturated carbocycles. The van der Waals surface area contributed by atoms with Crippen LogP contribution in [0.3, 0.4) is 0 Å². The maximum atomic E-state index is 12.9. The van der Waals surface area contributed by atoms with Crippen molar-refractivity contribution in [2.45, 2.75) is 31.9 Å². The van der Waals surface area contributed by atoms with Crippen LogP contribution in [0.15, 0.2) is 35.1 Å². The largest absolute Gasteiger partial charge is 0.496 e. The van der Waals surface area contributed by atoms with Gasteiger partial charge in [0.15, 0.2) is 11.4 Å². The molecule has 1 aliphatic rings. The number of nitrogens with zero attached hydrogens (tertiary/aromatic N) is 3. The summed E-state index contributed by atoms with van der Waals surface area (Å²) in [6.07, 6.45) is 5.05. The molecule has 0 radical (unpaired) electrons. The highest BCUT2D eigenvalue weighted by atomic mass is 32.2. The number of methoxy groups -OCH3 is 1. The number of anilines is 1. The molecule has 4 rings (SSSR count). The highest BCUT2D eigenvalue weighted by Gasteiger charge is 2.35. The van der Waals surface area contributed by atoms with E-state index in [1.54, 1.807) is 13.3 Å². The van der Waals surface area contributed by atoms with Crippen LogP contribution < -0.4 is 9.46 Å². The molecule has 10 heteroatoms. The highest BCUT2D eigenvalue weighted by molar-refractivity contribution is 7.86. The van der Waals surface area contributed by atoms with Gasteiger partial charge in [0.05, 0.1) is 25.0 Å². The number of nitrogens with one attached hydrogen (secondary N) is 1. The molecule has 2 aromatic heterocycles. The Bertz CT molecular complexity index is 993. The summed E-state index contributed by atoms with van der Waals surface area (Å²) < 4.78 is 40.2. The lowest BCUT2D eigenvalue weighted by molar-refractivity contribution is -0.0922. The molecule has 0 aliphatic carbocycles. The fourth-order valence-corrected chi connectivity index (χ4v) is 5.03. The van der Waals surface area contributed by atoms with E-state index in [2.05, 4.69) is 15.0 Å². The van der Waals surface area contributed by atoms with E-state index < -0.39 is 16.6 Å². The second-order valence-electron chi connectivity index (χ2n) is 7.23. The van der Waals surface area contributed by atoms with E-state index in [4.69, 9.17) is 18.7 Å². The molecule has 1 unspecified atom stereocenters. The van der Waals surface area contributed by atoms with Crippen molar-refractivity contribution in [2.75, 3.05) is 37.4 Å². The number of fused-ring (bicyclic) bond motifs is 1. The first-order chi connectivity index (χ1) is 14.6. The van der Waals surface area contributed by atoms with Crippen LogP contribution in [-0.4, -0.2) is 57.4 Å². The first kappa shape index (κ1) is 20.8. The number of ether oxygens (including phenoxy) is 3. The standard InChI is InChI=1S/C20H26N4O5S/c1-3-28-20(5-9-27-10-6-20)14-30(25)23-19-18-16(26-2)11-15(12-17(18)29-22-19)13-24-8-4-7-21-24/h4,7-8,11-12H,3,5-6,9-10,13-14H2,1-2H3,(H,22,23). The fraction of sp³-hybridized carbons (Fsp3) is 0.500. The summed E-state index contributed by atoms with van der Waals surface area (Å²) in [7, 11) is 0.181. The van der Waals surface area contributed by atoms with Crippen LogP contribution in [0.25, 0.3) is 11.0 Å². The Hall–Kier alpha value is -2.43. The lowest BCUT2D eigenvalue weighted by atomic mass is 9.96. The minimum absolute atomic E-state index is 0.345. The van der Waals surface area contributed by atoms with Crippen molar-refractivity contribution in [2.24, 2.45) is 0 Å². The van der Waals surface area contributed by atoms with Gasteiger partial charge in [-0.25, -0.2) is 4.21 Å². The molecular weight excluding hydrogens is 408 g/mol. The first-order valence-corrected chi connectivity index (χ1v) is 11.2. The quantitative estimate of drug-likeness (QED) is 0.553. The third-order valence-electron chi connectivity index (χ3n) is 5.18. The Labute approximate surface area is 177 Å². The zero-order chi connectivity index (χ0) is 21.0. The maximum Gasteiger partial charge on any atom is 0.192 e. The highest BCUT2D eigenvalue weighted by Crippen LogP contribution is 2.34. The van der Waals surface area contributed by atoms with E-state index >= 15 is 0 Å². The van der Waals surface area contributed by atoms with Crippen LogP contribution in [0.4, 0.5) is 5.82 Å². The van der Waals surface area contributed by atoms with Gasteiger partial charge in [-0.15, -0.1) is 0 Å². The van der Waals surface area contributed by atoms with Gasteiger partial charge in [0.2, 0.25) is 0 Å². The molecule has 1 aliphatic heterocycles. The molecule has 1 aromatic carbocycles. The molecule has 3 aromatic rings. The van der Waals surface area contributed by atoms with Gasteiger partial charge in [-0.1, -0.05) is 5.16 Å². The summed E-state index contributed by atoms with van der Waals surface area (Å²) in [4.78, 5) is 0. The van der Waals surface area contributed by atoms with Crippen molar-refractivity contribution in [1.29, 1.82) is 0 Å². The minimum atomic E-state index is -1.41. The molecule has 3 heterocycles. The normalized spacial score (nSPS) is 17.1. The molecular formula is C20H26N4O5S. The van der Waals surface area contributed by atoms with Gasteiger partial charge >= 0.3 is 0 Å². The van der Waals surface area contributed by atoms with E-state index in [1.165, 1.54) is 0 Å². The van der Waals surface area contributed by atoms with E-state index in [-0.39, 0.29) is 0 Å². The van der Waals surface area contributed by atoms with Gasteiger partial charge in [0.1, 0.15) is 22.1 Å². The van der Waals surface area contributed by atoms with Gasteiger partial charge in [0, 0.05) is 45.1 Å². The Morgan fingerprint density at radius 1 is 1.33 bits per heavy atom. The number of aromatic nitrogens is 3. The van der Waals surface area contributed by atoms with E-state index in [0.29, 0.717) is 67.5 Å². The third-order valence-corrected chi connectivity index (χ3v) is 6.39. The molecule has 1 atom stereocenters. The van der Waals surface area contributed by atoms with Crippen LogP contribution in [0.5, 0.6) is 5.75 Å². The smallest absolute Gasteiger partial charge is 0.192 e. The van der Waals surface area contributed by atoms with Gasteiger partial charge in [0.25, 0.3) is 0 Å². The summed E-state index contributed by atoms with van der Waals surface area (Å²) in [5, 5.41) is 8.98. The van der Waals surface area contributed by atoms with Crippen molar-refractivity contribution in [3.8, 4) is 5.75 Å². The molecule has 0 bridgehead atoms. The molecule has 162 valence electrons. The van der Waals surface area contributed by atoms with E-state index in [0.717, 1.165) is 5.56 Å². The average molecular weight is 435 g/mol. The van der Waals surface area contributed by atoms with Crippen molar-refractivity contribution in [3.63, 3.8) is 0 Å². The summed E-state index contributed by atoms with van der Waals surface area (Å²) in [5.41, 5.74) is 1.07. The monoisotopic (exact) mass is 434 g/mol. The van der Waals surface area contributed by atoms with Crippen LogP contribution in [0.1, 0.15) is 25.3 Å². The summed E-state index contributed by atoms with van der Waals surface area (Å²) in [6, 6.07) is 5.67. The Balaban J connectivity index is 1.54. The second-order valence-corrected chi connectivity index (χ2v) is 8.41. The lowest BCUT2D eigenvalue weighted by Crippen LogP contribution is -2.44. The zero-order valence-electron chi connectivity index (χ0n) is 17.1. The Morgan fingerprint density at radius 3 is 2.87 bits per heavy atom. The Kier molecular flexibility index (Phi) is 6.35. The second kappa shape index (κ2) is 9.15. The van der Waals surface area contributed by atoms with Gasteiger partial charge in [-0.2, -0.15) is 5.10 Å². The third kappa shape index (κ3) is 4.50. The van der Waals surface area contributed by atoms with Gasteiger partial charge in [-0.05, 0) is 30.7 Å².